The van der Waals surface area contributed by atoms with Crippen LogP contribution in [0.3, 0.4) is 0 Å². The number of piperidine rings is 1. The number of rotatable bonds is 5. The zero-order valence-corrected chi connectivity index (χ0v) is 15.9. The van der Waals surface area contributed by atoms with Crippen LogP contribution in [0, 0.1) is 17.7 Å². The molecule has 1 saturated heterocycles. The topological polar surface area (TPSA) is 92.5 Å². The number of ether oxygens (including phenoxy) is 1. The van der Waals surface area contributed by atoms with Crippen molar-refractivity contribution < 1.29 is 19.0 Å². The number of nitrogens with one attached hydrogen (secondary N) is 1. The average Bonchev–Trinajstić information content (AvgIpc) is 3.12. The van der Waals surface area contributed by atoms with E-state index in [0.29, 0.717) is 30.8 Å². The number of aromatic nitrogens is 3. The largest absolute Gasteiger partial charge is 0.465 e. The van der Waals surface area contributed by atoms with Gasteiger partial charge in [0.05, 0.1) is 6.04 Å². The van der Waals surface area contributed by atoms with Gasteiger partial charge in [0.1, 0.15) is 11.6 Å². The molecule has 1 aromatic carbocycles. The van der Waals surface area contributed by atoms with E-state index in [9.17, 15) is 14.3 Å². The van der Waals surface area contributed by atoms with Gasteiger partial charge in [-0.15, -0.1) is 5.10 Å². The molecule has 0 radical (unpaired) electrons. The van der Waals surface area contributed by atoms with Crippen molar-refractivity contribution in [3.8, 4) is 11.8 Å². The van der Waals surface area contributed by atoms with Crippen LogP contribution in [0.1, 0.15) is 32.7 Å². The van der Waals surface area contributed by atoms with E-state index < -0.39 is 6.09 Å². The Balaban J connectivity index is 1.52. The van der Waals surface area contributed by atoms with Gasteiger partial charge in [-0.2, -0.15) is 4.98 Å². The summed E-state index contributed by atoms with van der Waals surface area (Å²) < 4.78 is 20.9. The number of nitrogens with zero attached hydrogens (tertiary/aromatic N) is 4. The Labute approximate surface area is 162 Å². The molecule has 150 valence electrons. The molecular formula is C19H24FN5O3. The number of fused-ring (bicyclic) bond motifs is 2. The summed E-state index contributed by atoms with van der Waals surface area (Å²) in [6.45, 7) is 4.99. The van der Waals surface area contributed by atoms with E-state index in [-0.39, 0.29) is 29.7 Å². The first-order valence-electron chi connectivity index (χ1n) is 9.55. The number of carboxylic acid groups (broad SMARTS) is 1. The number of carbonyl (C=O) groups is 1. The number of benzene rings is 1. The van der Waals surface area contributed by atoms with Crippen LogP contribution in [0.4, 0.5) is 15.1 Å². The smallest absolute Gasteiger partial charge is 0.407 e. The summed E-state index contributed by atoms with van der Waals surface area (Å²) >= 11 is 0. The fraction of sp³-hybridized carbons (Fsp3) is 0.526. The minimum atomic E-state index is -0.858. The number of hydrogen-bond donors (Lipinski definition) is 2. The number of hydrogen-bond acceptors (Lipinski definition) is 5. The van der Waals surface area contributed by atoms with Crippen LogP contribution < -0.4 is 10.1 Å². The Morgan fingerprint density at radius 2 is 2.04 bits per heavy atom. The molecule has 8 nitrogen and oxygen atoms in total. The first kappa shape index (κ1) is 18.5. The molecule has 1 amide bonds. The molecular weight excluding hydrogens is 365 g/mol. The molecule has 2 fully saturated rings. The molecule has 1 saturated carbocycles. The number of likely N-dealkylation sites (tertiary alicyclic amines) is 1. The van der Waals surface area contributed by atoms with Crippen molar-refractivity contribution in [1.29, 1.82) is 0 Å². The summed E-state index contributed by atoms with van der Waals surface area (Å²) in [5.74, 6) is 0.913. The summed E-state index contributed by atoms with van der Waals surface area (Å²) in [5, 5.41) is 17.2. The third-order valence-electron chi connectivity index (χ3n) is 5.49. The van der Waals surface area contributed by atoms with E-state index in [1.54, 1.807) is 16.8 Å². The van der Waals surface area contributed by atoms with Gasteiger partial charge in [0.2, 0.25) is 5.95 Å². The predicted molar refractivity (Wildman–Crippen MR) is 100 cm³/mol. The van der Waals surface area contributed by atoms with Gasteiger partial charge in [-0.05, 0) is 50.7 Å². The second-order valence-corrected chi connectivity index (χ2v) is 7.77. The maximum atomic E-state index is 13.4. The minimum Gasteiger partial charge on any atom is -0.465 e. The van der Waals surface area contributed by atoms with Crippen LogP contribution in [-0.2, 0) is 0 Å². The Hall–Kier alpha value is -2.84. The summed E-state index contributed by atoms with van der Waals surface area (Å²) in [4.78, 5) is 17.3. The SMILES string of the molecule is CC(C)n1nc(NC2[C@@H]3CC[C@H]2CN(C(=O)O)C3)nc1Oc1cccc(F)c1. The molecule has 28 heavy (non-hydrogen) atoms. The molecule has 1 unspecified atom stereocenters. The van der Waals surface area contributed by atoms with E-state index in [0.717, 1.165) is 12.8 Å². The summed E-state index contributed by atoms with van der Waals surface area (Å²) in [6, 6.07) is 6.34. The van der Waals surface area contributed by atoms with Crippen LogP contribution in [0.5, 0.6) is 11.8 Å². The second-order valence-electron chi connectivity index (χ2n) is 7.77. The Morgan fingerprint density at radius 1 is 1.32 bits per heavy atom. The highest BCUT2D eigenvalue weighted by Crippen LogP contribution is 2.38. The van der Waals surface area contributed by atoms with Crippen molar-refractivity contribution in [2.45, 2.75) is 38.8 Å². The van der Waals surface area contributed by atoms with Crippen molar-refractivity contribution in [3.05, 3.63) is 30.1 Å². The highest BCUT2D eigenvalue weighted by Gasteiger charge is 2.43. The first-order chi connectivity index (χ1) is 13.4. The minimum absolute atomic E-state index is 0.0113. The normalized spacial score (nSPS) is 23.9. The molecule has 0 spiro atoms. The molecule has 1 aliphatic carbocycles. The second kappa shape index (κ2) is 7.29. The molecule has 2 aliphatic rings. The zero-order chi connectivity index (χ0) is 19.8. The first-order valence-corrected chi connectivity index (χ1v) is 9.55. The highest BCUT2D eigenvalue weighted by atomic mass is 19.1. The van der Waals surface area contributed by atoms with Crippen molar-refractivity contribution in [2.75, 3.05) is 18.4 Å². The van der Waals surface area contributed by atoms with Gasteiger partial charge in [-0.3, -0.25) is 0 Å². The molecule has 2 aromatic rings. The summed E-state index contributed by atoms with van der Waals surface area (Å²) in [5.41, 5.74) is 0. The van der Waals surface area contributed by atoms with Crippen LogP contribution in [-0.4, -0.2) is 50.0 Å². The molecule has 2 heterocycles. The number of amides is 1. The van der Waals surface area contributed by atoms with Crippen molar-refractivity contribution >= 4 is 12.0 Å². The lowest BCUT2D eigenvalue weighted by molar-refractivity contribution is 0.112. The van der Waals surface area contributed by atoms with Crippen molar-refractivity contribution in [1.82, 2.24) is 19.7 Å². The lowest BCUT2D eigenvalue weighted by Gasteiger charge is -2.36. The van der Waals surface area contributed by atoms with E-state index >= 15 is 0 Å². The number of halogens is 1. The zero-order valence-electron chi connectivity index (χ0n) is 15.9. The van der Waals surface area contributed by atoms with Gasteiger partial charge in [-0.25, -0.2) is 13.9 Å². The quantitative estimate of drug-likeness (QED) is 0.812. The monoisotopic (exact) mass is 389 g/mol. The molecule has 2 N–H and O–H groups in total. The maximum absolute atomic E-state index is 13.4. The fourth-order valence-electron chi connectivity index (χ4n) is 4.18. The Morgan fingerprint density at radius 3 is 2.64 bits per heavy atom. The van der Waals surface area contributed by atoms with Gasteiger partial charge < -0.3 is 20.1 Å². The lowest BCUT2D eigenvalue weighted by Crippen LogP contribution is -2.49. The van der Waals surface area contributed by atoms with Crippen molar-refractivity contribution in [3.63, 3.8) is 0 Å². The van der Waals surface area contributed by atoms with E-state index in [1.807, 2.05) is 13.8 Å². The van der Waals surface area contributed by atoms with Crippen LogP contribution in [0.25, 0.3) is 0 Å². The van der Waals surface area contributed by atoms with E-state index in [1.165, 1.54) is 17.0 Å². The summed E-state index contributed by atoms with van der Waals surface area (Å²) in [7, 11) is 0. The molecule has 2 bridgehead atoms. The standard InChI is InChI=1S/C19H24FN5O3/c1-11(2)25-18(28-15-5-3-4-14(20)8-15)22-17(23-25)21-16-12-6-7-13(16)10-24(9-12)19(26)27/h3-5,8,11-13,16H,6-7,9-10H2,1-2H3,(H,21,23)(H,26,27)/t12-,13+,16?. The lowest BCUT2D eigenvalue weighted by atomic mass is 9.92. The maximum Gasteiger partial charge on any atom is 0.407 e. The fourth-order valence-corrected chi connectivity index (χ4v) is 4.18. The molecule has 3 atom stereocenters. The van der Waals surface area contributed by atoms with Gasteiger partial charge in [0.25, 0.3) is 0 Å². The highest BCUT2D eigenvalue weighted by molar-refractivity contribution is 5.65. The molecule has 1 aliphatic heterocycles. The van der Waals surface area contributed by atoms with Crippen molar-refractivity contribution in [2.24, 2.45) is 11.8 Å². The van der Waals surface area contributed by atoms with Crippen LogP contribution in [0.15, 0.2) is 24.3 Å². The van der Waals surface area contributed by atoms with Gasteiger partial charge in [-0.1, -0.05) is 6.07 Å². The van der Waals surface area contributed by atoms with Gasteiger partial charge >= 0.3 is 12.1 Å². The molecule has 4 rings (SSSR count). The van der Waals surface area contributed by atoms with Crippen LogP contribution in [0.2, 0.25) is 0 Å². The third-order valence-corrected chi connectivity index (χ3v) is 5.49. The molecule has 9 heteroatoms. The van der Waals surface area contributed by atoms with E-state index in [4.69, 9.17) is 4.74 Å². The average molecular weight is 389 g/mol. The van der Waals surface area contributed by atoms with Crippen LogP contribution >= 0.6 is 0 Å². The van der Waals surface area contributed by atoms with E-state index in [2.05, 4.69) is 15.4 Å². The predicted octanol–water partition coefficient (Wildman–Crippen LogP) is 3.59. The Kier molecular flexibility index (Phi) is 4.82. The molecule has 1 aromatic heterocycles. The third kappa shape index (κ3) is 3.61. The Bertz CT molecular complexity index is 857. The summed E-state index contributed by atoms with van der Waals surface area (Å²) in [6.07, 6.45) is 1.12. The number of anilines is 1. The van der Waals surface area contributed by atoms with Gasteiger partial charge in [0, 0.05) is 25.2 Å². The van der Waals surface area contributed by atoms with Gasteiger partial charge in [0.15, 0.2) is 0 Å².